The first kappa shape index (κ1) is 16.3. The standard InChI is InChI=1S/C17H16ClN3O3/c18-13-9-12(17(22)16(10-13)21(23)24)11-19-14-3-5-15(6-4-14)20-7-1-2-8-20/h3-6,9-11,22H,1-2,7-8H2. The molecule has 1 heterocycles. The van der Waals surface area contributed by atoms with Gasteiger partial charge in [0.2, 0.25) is 5.75 Å². The van der Waals surface area contributed by atoms with Crippen LogP contribution >= 0.6 is 11.6 Å². The van der Waals surface area contributed by atoms with Gasteiger partial charge in [0.05, 0.1) is 10.6 Å². The van der Waals surface area contributed by atoms with Gasteiger partial charge in [0.1, 0.15) is 0 Å². The lowest BCUT2D eigenvalue weighted by atomic mass is 10.2. The van der Waals surface area contributed by atoms with Gasteiger partial charge in [-0.05, 0) is 43.2 Å². The van der Waals surface area contributed by atoms with Crippen molar-refractivity contribution in [2.75, 3.05) is 18.0 Å². The van der Waals surface area contributed by atoms with Crippen molar-refractivity contribution in [3.8, 4) is 5.75 Å². The molecule has 24 heavy (non-hydrogen) atoms. The molecule has 0 aromatic heterocycles. The van der Waals surface area contributed by atoms with E-state index in [1.54, 1.807) is 0 Å². The third-order valence-electron chi connectivity index (χ3n) is 3.95. The van der Waals surface area contributed by atoms with E-state index >= 15 is 0 Å². The summed E-state index contributed by atoms with van der Waals surface area (Å²) in [5.74, 6) is -0.443. The maximum absolute atomic E-state index is 10.9. The highest BCUT2D eigenvalue weighted by molar-refractivity contribution is 6.31. The van der Waals surface area contributed by atoms with Crippen LogP contribution in [0.15, 0.2) is 41.4 Å². The van der Waals surface area contributed by atoms with Crippen LogP contribution in [0.25, 0.3) is 0 Å². The van der Waals surface area contributed by atoms with Gasteiger partial charge in [0, 0.05) is 41.6 Å². The van der Waals surface area contributed by atoms with Crippen molar-refractivity contribution in [3.63, 3.8) is 0 Å². The summed E-state index contributed by atoms with van der Waals surface area (Å²) in [7, 11) is 0. The first-order valence-corrected chi connectivity index (χ1v) is 7.98. The Hall–Kier alpha value is -2.60. The number of phenols is 1. The summed E-state index contributed by atoms with van der Waals surface area (Å²) in [5, 5.41) is 21.0. The molecule has 3 rings (SSSR count). The molecule has 1 fully saturated rings. The molecule has 1 aliphatic heterocycles. The monoisotopic (exact) mass is 345 g/mol. The van der Waals surface area contributed by atoms with E-state index in [4.69, 9.17) is 11.6 Å². The number of nitro benzene ring substituents is 1. The molecule has 0 radical (unpaired) electrons. The summed E-state index contributed by atoms with van der Waals surface area (Å²) in [4.78, 5) is 16.8. The highest BCUT2D eigenvalue weighted by Gasteiger charge is 2.17. The first-order valence-electron chi connectivity index (χ1n) is 7.60. The van der Waals surface area contributed by atoms with Gasteiger partial charge in [0.25, 0.3) is 0 Å². The molecule has 0 bridgehead atoms. The molecule has 1 saturated heterocycles. The van der Waals surface area contributed by atoms with Crippen molar-refractivity contribution >= 4 is 34.9 Å². The Morgan fingerprint density at radius 1 is 1.21 bits per heavy atom. The summed E-state index contributed by atoms with van der Waals surface area (Å²) in [6.07, 6.45) is 3.80. The molecule has 6 nitrogen and oxygen atoms in total. The van der Waals surface area contributed by atoms with Crippen molar-refractivity contribution in [3.05, 3.63) is 57.1 Å². The van der Waals surface area contributed by atoms with Crippen molar-refractivity contribution in [2.45, 2.75) is 12.8 Å². The average Bonchev–Trinajstić information content (AvgIpc) is 3.10. The van der Waals surface area contributed by atoms with E-state index in [1.807, 2.05) is 24.3 Å². The fraction of sp³-hybridized carbons (Fsp3) is 0.235. The van der Waals surface area contributed by atoms with Gasteiger partial charge < -0.3 is 10.0 Å². The Kier molecular flexibility index (Phi) is 4.66. The number of rotatable bonds is 4. The van der Waals surface area contributed by atoms with Crippen LogP contribution in [0.2, 0.25) is 5.02 Å². The first-order chi connectivity index (χ1) is 11.5. The predicted octanol–water partition coefficient (Wildman–Crippen LogP) is 4.30. The normalized spacial score (nSPS) is 14.5. The number of anilines is 1. The molecule has 124 valence electrons. The molecular formula is C17H16ClN3O3. The van der Waals surface area contributed by atoms with Gasteiger partial charge in [-0.2, -0.15) is 0 Å². The van der Waals surface area contributed by atoms with E-state index in [1.165, 1.54) is 25.1 Å². The van der Waals surface area contributed by atoms with E-state index in [2.05, 4.69) is 9.89 Å². The number of hydrogen-bond donors (Lipinski definition) is 1. The number of aliphatic imine (C=N–C) groups is 1. The minimum Gasteiger partial charge on any atom is -0.502 e. The number of aromatic hydroxyl groups is 1. The van der Waals surface area contributed by atoms with E-state index in [0.29, 0.717) is 5.69 Å². The number of benzene rings is 2. The molecule has 0 spiro atoms. The summed E-state index contributed by atoms with van der Waals surface area (Å²) in [6.45, 7) is 2.14. The molecule has 2 aromatic carbocycles. The number of phenolic OH excluding ortho intramolecular Hbond substituents is 1. The second-order valence-electron chi connectivity index (χ2n) is 5.59. The zero-order chi connectivity index (χ0) is 17.1. The van der Waals surface area contributed by atoms with Crippen LogP contribution in [0.5, 0.6) is 5.75 Å². The van der Waals surface area contributed by atoms with Crippen LogP contribution in [0.3, 0.4) is 0 Å². The van der Waals surface area contributed by atoms with Crippen molar-refractivity contribution in [2.24, 2.45) is 4.99 Å². The lowest BCUT2D eigenvalue weighted by Gasteiger charge is -2.17. The highest BCUT2D eigenvalue weighted by atomic mass is 35.5. The minimum absolute atomic E-state index is 0.172. The van der Waals surface area contributed by atoms with Gasteiger partial charge in [-0.1, -0.05) is 11.6 Å². The zero-order valence-corrected chi connectivity index (χ0v) is 13.6. The summed E-state index contributed by atoms with van der Waals surface area (Å²) >= 11 is 5.86. The predicted molar refractivity (Wildman–Crippen MR) is 94.9 cm³/mol. The van der Waals surface area contributed by atoms with Gasteiger partial charge >= 0.3 is 5.69 Å². The lowest BCUT2D eigenvalue weighted by molar-refractivity contribution is -0.385. The summed E-state index contributed by atoms with van der Waals surface area (Å²) < 4.78 is 0. The topological polar surface area (TPSA) is 79.0 Å². The van der Waals surface area contributed by atoms with Crippen LogP contribution in [-0.2, 0) is 0 Å². The van der Waals surface area contributed by atoms with Crippen molar-refractivity contribution < 1.29 is 10.0 Å². The molecule has 0 amide bonds. The fourth-order valence-electron chi connectivity index (χ4n) is 2.71. The van der Waals surface area contributed by atoms with Crippen LogP contribution in [0.4, 0.5) is 17.1 Å². The zero-order valence-electron chi connectivity index (χ0n) is 12.9. The molecule has 0 atom stereocenters. The van der Waals surface area contributed by atoms with E-state index < -0.39 is 16.4 Å². The third-order valence-corrected chi connectivity index (χ3v) is 4.17. The lowest BCUT2D eigenvalue weighted by Crippen LogP contribution is -2.17. The average molecular weight is 346 g/mol. The van der Waals surface area contributed by atoms with Gasteiger partial charge in [-0.25, -0.2) is 0 Å². The van der Waals surface area contributed by atoms with Crippen LogP contribution in [0, 0.1) is 10.1 Å². The smallest absolute Gasteiger partial charge is 0.312 e. The maximum atomic E-state index is 10.9. The maximum Gasteiger partial charge on any atom is 0.312 e. The van der Waals surface area contributed by atoms with Crippen molar-refractivity contribution in [1.82, 2.24) is 0 Å². The molecular weight excluding hydrogens is 330 g/mol. The Labute approximate surface area is 144 Å². The Bertz CT molecular complexity index is 784. The van der Waals surface area contributed by atoms with Crippen LogP contribution < -0.4 is 4.90 Å². The van der Waals surface area contributed by atoms with E-state index in [0.717, 1.165) is 24.8 Å². The third kappa shape index (κ3) is 3.49. The van der Waals surface area contributed by atoms with Gasteiger partial charge in [-0.3, -0.25) is 15.1 Å². The molecule has 7 heteroatoms. The Morgan fingerprint density at radius 2 is 1.88 bits per heavy atom. The van der Waals surface area contributed by atoms with Gasteiger partial charge in [-0.15, -0.1) is 0 Å². The van der Waals surface area contributed by atoms with E-state index in [-0.39, 0.29) is 10.6 Å². The second kappa shape index (κ2) is 6.88. The van der Waals surface area contributed by atoms with E-state index in [9.17, 15) is 15.2 Å². The fourth-order valence-corrected chi connectivity index (χ4v) is 2.93. The molecule has 2 aromatic rings. The summed E-state index contributed by atoms with van der Waals surface area (Å²) in [6, 6.07) is 10.3. The molecule has 0 unspecified atom stereocenters. The SMILES string of the molecule is O=[N+]([O-])c1cc(Cl)cc(C=Nc2ccc(N3CCCC3)cc2)c1O. The van der Waals surface area contributed by atoms with Crippen molar-refractivity contribution in [1.29, 1.82) is 0 Å². The van der Waals surface area contributed by atoms with Crippen LogP contribution in [0.1, 0.15) is 18.4 Å². The highest BCUT2D eigenvalue weighted by Crippen LogP contribution is 2.32. The minimum atomic E-state index is -0.677. The molecule has 1 aliphatic rings. The summed E-state index contributed by atoms with van der Waals surface area (Å²) in [5.41, 5.74) is 1.62. The number of nitro groups is 1. The van der Waals surface area contributed by atoms with Gasteiger partial charge in [0.15, 0.2) is 0 Å². The van der Waals surface area contributed by atoms with Crippen LogP contribution in [-0.4, -0.2) is 29.3 Å². The second-order valence-corrected chi connectivity index (χ2v) is 6.03. The number of halogens is 1. The Balaban J connectivity index is 1.82. The quantitative estimate of drug-likeness (QED) is 0.509. The molecule has 0 saturated carbocycles. The largest absolute Gasteiger partial charge is 0.502 e. The molecule has 0 aliphatic carbocycles. The molecule has 1 N–H and O–H groups in total. The Morgan fingerprint density at radius 3 is 2.50 bits per heavy atom. The number of nitrogens with zero attached hydrogens (tertiary/aromatic N) is 3. The number of hydrogen-bond acceptors (Lipinski definition) is 5.